The molecule has 0 saturated carbocycles. The van der Waals surface area contributed by atoms with Crippen LogP contribution in [0, 0.1) is 0 Å². The highest BCUT2D eigenvalue weighted by Crippen LogP contribution is 2.33. The number of carbonyl (C=O) groups excluding carboxylic acids is 1. The molecular formula is C26H23N3O3. The van der Waals surface area contributed by atoms with Crippen LogP contribution in [-0.4, -0.2) is 18.2 Å². The molecule has 5 rings (SSSR count). The number of ether oxygens (including phenoxy) is 2. The van der Waals surface area contributed by atoms with Gasteiger partial charge >= 0.3 is 6.09 Å². The zero-order valence-corrected chi connectivity index (χ0v) is 17.7. The van der Waals surface area contributed by atoms with Crippen molar-refractivity contribution in [2.45, 2.75) is 18.9 Å². The summed E-state index contributed by atoms with van der Waals surface area (Å²) in [7, 11) is 1.59. The van der Waals surface area contributed by atoms with Crippen molar-refractivity contribution in [2.75, 3.05) is 17.7 Å². The summed E-state index contributed by atoms with van der Waals surface area (Å²) in [4.78, 5) is 17.0. The summed E-state index contributed by atoms with van der Waals surface area (Å²) >= 11 is 0. The summed E-state index contributed by atoms with van der Waals surface area (Å²) in [5.41, 5.74) is 4.26. The first-order valence-electron chi connectivity index (χ1n) is 10.6. The lowest BCUT2D eigenvalue weighted by Crippen LogP contribution is -2.16. The number of fused-ring (bicyclic) bond motifs is 2. The van der Waals surface area contributed by atoms with Gasteiger partial charge in [-0.25, -0.2) is 9.78 Å². The van der Waals surface area contributed by atoms with Crippen molar-refractivity contribution >= 4 is 28.5 Å². The Labute approximate surface area is 186 Å². The van der Waals surface area contributed by atoms with Crippen molar-refractivity contribution in [3.05, 3.63) is 90.0 Å². The third-order valence-electron chi connectivity index (χ3n) is 5.66. The second-order valence-corrected chi connectivity index (χ2v) is 7.73. The molecule has 1 aliphatic carbocycles. The second-order valence-electron chi connectivity index (χ2n) is 7.73. The molecule has 1 heterocycles. The van der Waals surface area contributed by atoms with E-state index in [0.717, 1.165) is 29.6 Å². The van der Waals surface area contributed by atoms with Crippen LogP contribution in [0.5, 0.6) is 11.5 Å². The van der Waals surface area contributed by atoms with Crippen molar-refractivity contribution in [3.63, 3.8) is 0 Å². The highest BCUT2D eigenvalue weighted by Gasteiger charge is 2.21. The Bertz CT molecular complexity index is 1270. The Morgan fingerprint density at radius 3 is 2.62 bits per heavy atom. The molecular weight excluding hydrogens is 402 g/mol. The highest BCUT2D eigenvalue weighted by molar-refractivity contribution is 5.91. The number of aryl methyl sites for hydroxylation is 1. The van der Waals surface area contributed by atoms with Gasteiger partial charge < -0.3 is 14.8 Å². The van der Waals surface area contributed by atoms with E-state index in [4.69, 9.17) is 14.5 Å². The van der Waals surface area contributed by atoms with Gasteiger partial charge in [-0.1, -0.05) is 24.3 Å². The predicted octanol–water partition coefficient (Wildman–Crippen LogP) is 5.95. The maximum Gasteiger partial charge on any atom is 0.417 e. The number of nitrogens with zero attached hydrogens (tertiary/aromatic N) is 1. The molecule has 1 aliphatic rings. The number of pyridine rings is 1. The third kappa shape index (κ3) is 4.21. The summed E-state index contributed by atoms with van der Waals surface area (Å²) in [5, 5.41) is 7.26. The van der Waals surface area contributed by atoms with E-state index in [1.54, 1.807) is 31.4 Å². The topological polar surface area (TPSA) is 72.5 Å². The molecule has 0 radical (unpaired) electrons. The monoisotopic (exact) mass is 425 g/mol. The molecule has 3 aromatic carbocycles. The molecule has 1 atom stereocenters. The molecule has 6 heteroatoms. The van der Waals surface area contributed by atoms with Crippen LogP contribution >= 0.6 is 0 Å². The molecule has 2 N–H and O–H groups in total. The van der Waals surface area contributed by atoms with Crippen molar-refractivity contribution in [1.29, 1.82) is 0 Å². The Balaban J connectivity index is 1.26. The van der Waals surface area contributed by atoms with Gasteiger partial charge in [0.1, 0.15) is 17.3 Å². The predicted molar refractivity (Wildman–Crippen MR) is 126 cm³/mol. The average Bonchev–Trinajstić information content (AvgIpc) is 3.22. The van der Waals surface area contributed by atoms with Gasteiger partial charge in [0.05, 0.1) is 18.7 Å². The number of methoxy groups -OCH3 is 1. The normalized spacial score (nSPS) is 14.6. The second kappa shape index (κ2) is 8.59. The first kappa shape index (κ1) is 19.9. The zero-order valence-electron chi connectivity index (χ0n) is 17.7. The van der Waals surface area contributed by atoms with Crippen molar-refractivity contribution in [3.8, 4) is 11.5 Å². The lowest BCUT2D eigenvalue weighted by atomic mass is 10.1. The van der Waals surface area contributed by atoms with Gasteiger partial charge in [0.2, 0.25) is 0 Å². The van der Waals surface area contributed by atoms with Gasteiger partial charge in [-0.3, -0.25) is 5.32 Å². The molecule has 6 nitrogen and oxygen atoms in total. The standard InChI is InChI=1S/C26H23N3O3/c1-31-20-9-11-21(12-10-20)32-26(30)27-19-8-14-23-18(16-19)7-15-25(28-23)29-24-13-6-17-4-2-3-5-22(17)24/h2-5,7-12,14-16,24H,6,13H2,1H3,(H,27,30)(H,28,29). The Kier molecular flexibility index (Phi) is 5.34. The van der Waals surface area contributed by atoms with E-state index in [0.29, 0.717) is 17.2 Å². The van der Waals surface area contributed by atoms with Crippen molar-refractivity contribution in [2.24, 2.45) is 0 Å². The molecule has 0 bridgehead atoms. The molecule has 1 aromatic heterocycles. The van der Waals surface area contributed by atoms with Gasteiger partial charge in [0, 0.05) is 11.1 Å². The number of amides is 1. The van der Waals surface area contributed by atoms with Crippen LogP contribution < -0.4 is 20.1 Å². The molecule has 0 aliphatic heterocycles. The first-order valence-corrected chi connectivity index (χ1v) is 10.6. The number of aromatic nitrogens is 1. The van der Waals surface area contributed by atoms with Crippen LogP contribution in [0.25, 0.3) is 10.9 Å². The van der Waals surface area contributed by atoms with E-state index >= 15 is 0 Å². The largest absolute Gasteiger partial charge is 0.497 e. The molecule has 160 valence electrons. The summed E-state index contributed by atoms with van der Waals surface area (Å²) < 4.78 is 10.4. The van der Waals surface area contributed by atoms with E-state index in [2.05, 4.69) is 34.9 Å². The first-order chi connectivity index (χ1) is 15.7. The van der Waals surface area contributed by atoms with Crippen LogP contribution in [0.15, 0.2) is 78.9 Å². The number of hydrogen-bond donors (Lipinski definition) is 2. The number of benzene rings is 3. The fourth-order valence-electron chi connectivity index (χ4n) is 4.06. The number of anilines is 2. The van der Waals surface area contributed by atoms with Crippen LogP contribution in [-0.2, 0) is 6.42 Å². The van der Waals surface area contributed by atoms with Crippen molar-refractivity contribution < 1.29 is 14.3 Å². The van der Waals surface area contributed by atoms with E-state index in [1.165, 1.54) is 11.1 Å². The Hall–Kier alpha value is -4.06. The lowest BCUT2D eigenvalue weighted by molar-refractivity contribution is 0.215. The summed E-state index contributed by atoms with van der Waals surface area (Å²) in [6, 6.07) is 25.2. The smallest absolute Gasteiger partial charge is 0.417 e. The van der Waals surface area contributed by atoms with Crippen molar-refractivity contribution in [1.82, 2.24) is 4.98 Å². The van der Waals surface area contributed by atoms with Crippen LogP contribution in [0.3, 0.4) is 0 Å². The minimum atomic E-state index is -0.555. The van der Waals surface area contributed by atoms with Crippen LogP contribution in [0.4, 0.5) is 16.3 Å². The fraction of sp³-hybridized carbons (Fsp3) is 0.154. The molecule has 1 amide bonds. The zero-order chi connectivity index (χ0) is 21.9. The Morgan fingerprint density at radius 1 is 0.969 bits per heavy atom. The summed E-state index contributed by atoms with van der Waals surface area (Å²) in [5.74, 6) is 1.99. The molecule has 0 fully saturated rings. The van der Waals surface area contributed by atoms with Gasteiger partial charge in [-0.15, -0.1) is 0 Å². The molecule has 4 aromatic rings. The molecule has 0 spiro atoms. The minimum absolute atomic E-state index is 0.282. The van der Waals surface area contributed by atoms with E-state index < -0.39 is 6.09 Å². The SMILES string of the molecule is COc1ccc(OC(=O)Nc2ccc3nc(NC4CCc5ccccc54)ccc3c2)cc1. The fourth-order valence-corrected chi connectivity index (χ4v) is 4.06. The number of rotatable bonds is 5. The number of carbonyl (C=O) groups is 1. The third-order valence-corrected chi connectivity index (χ3v) is 5.66. The van der Waals surface area contributed by atoms with Gasteiger partial charge in [-0.05, 0) is 78.6 Å². The van der Waals surface area contributed by atoms with E-state index in [1.807, 2.05) is 30.3 Å². The molecule has 32 heavy (non-hydrogen) atoms. The lowest BCUT2D eigenvalue weighted by Gasteiger charge is -2.15. The van der Waals surface area contributed by atoms with E-state index in [9.17, 15) is 4.79 Å². The average molecular weight is 425 g/mol. The van der Waals surface area contributed by atoms with Gasteiger partial charge in [-0.2, -0.15) is 0 Å². The summed E-state index contributed by atoms with van der Waals surface area (Å²) in [6.45, 7) is 0. The van der Waals surface area contributed by atoms with E-state index in [-0.39, 0.29) is 6.04 Å². The maximum absolute atomic E-state index is 12.2. The highest BCUT2D eigenvalue weighted by atomic mass is 16.6. The molecule has 1 unspecified atom stereocenters. The Morgan fingerprint density at radius 2 is 1.78 bits per heavy atom. The quantitative estimate of drug-likeness (QED) is 0.413. The maximum atomic E-state index is 12.2. The van der Waals surface area contributed by atoms with Gasteiger partial charge in [0.25, 0.3) is 0 Å². The van der Waals surface area contributed by atoms with Crippen LogP contribution in [0.2, 0.25) is 0 Å². The van der Waals surface area contributed by atoms with Gasteiger partial charge in [0.15, 0.2) is 0 Å². The number of hydrogen-bond acceptors (Lipinski definition) is 5. The minimum Gasteiger partial charge on any atom is -0.497 e. The molecule has 0 saturated heterocycles. The number of nitrogens with one attached hydrogen (secondary N) is 2. The van der Waals surface area contributed by atoms with Crippen LogP contribution in [0.1, 0.15) is 23.6 Å². The summed E-state index contributed by atoms with van der Waals surface area (Å²) in [6.07, 6.45) is 1.60.